The number of carbonyl (C=O) groups excluding carboxylic acids is 3. The molecule has 5 atom stereocenters. The van der Waals surface area contributed by atoms with Gasteiger partial charge in [0.1, 0.15) is 23.6 Å². The molecule has 4 amide bonds. The molecule has 0 radical (unpaired) electrons. The monoisotopic (exact) mass is 580 g/mol. The molecule has 5 rings (SSSR count). The number of ether oxygens (including phenoxy) is 3. The molecule has 0 spiro atoms. The summed E-state index contributed by atoms with van der Waals surface area (Å²) in [5.74, 6) is 0.610. The van der Waals surface area contributed by atoms with Crippen molar-refractivity contribution in [3.05, 3.63) is 53.6 Å². The van der Waals surface area contributed by atoms with E-state index in [0.717, 1.165) is 5.56 Å². The number of urea groups is 1. The number of carbonyl (C=O) groups is 3. The molecule has 3 aliphatic rings. The molecule has 2 saturated heterocycles. The second-order valence-electron chi connectivity index (χ2n) is 11.5. The Balaban J connectivity index is 1.42. The van der Waals surface area contributed by atoms with Crippen molar-refractivity contribution < 1.29 is 33.7 Å². The van der Waals surface area contributed by atoms with Crippen LogP contribution in [0.25, 0.3) is 0 Å². The molecule has 2 fully saturated rings. The maximum absolute atomic E-state index is 13.5. The van der Waals surface area contributed by atoms with E-state index in [1.165, 1.54) is 12.0 Å². The third-order valence-corrected chi connectivity index (χ3v) is 8.19. The normalized spacial score (nSPS) is 26.5. The molecule has 226 valence electrons. The van der Waals surface area contributed by atoms with E-state index in [2.05, 4.69) is 29.8 Å². The summed E-state index contributed by atoms with van der Waals surface area (Å²) in [6.07, 6.45) is 0.567. The molecule has 0 aromatic heterocycles. The van der Waals surface area contributed by atoms with Crippen LogP contribution in [0.2, 0.25) is 0 Å². The second kappa shape index (κ2) is 13.0. The first-order chi connectivity index (χ1) is 20.2. The maximum Gasteiger partial charge on any atom is 0.322 e. The zero-order chi connectivity index (χ0) is 29.8. The van der Waals surface area contributed by atoms with Gasteiger partial charge < -0.3 is 40.2 Å². The van der Waals surface area contributed by atoms with Crippen molar-refractivity contribution in [1.82, 2.24) is 15.5 Å². The predicted molar refractivity (Wildman–Crippen MR) is 156 cm³/mol. The third kappa shape index (κ3) is 6.79. The predicted octanol–water partition coefficient (Wildman–Crippen LogP) is 3.03. The van der Waals surface area contributed by atoms with Crippen LogP contribution in [0, 0.1) is 0 Å². The first-order valence-electron chi connectivity index (χ1n) is 14.6. The summed E-state index contributed by atoms with van der Waals surface area (Å²) in [5, 5.41) is 19.3. The average molecular weight is 581 g/mol. The maximum atomic E-state index is 13.5. The van der Waals surface area contributed by atoms with Crippen molar-refractivity contribution in [2.45, 2.75) is 75.8 Å². The van der Waals surface area contributed by atoms with E-state index in [-0.39, 0.29) is 43.3 Å². The van der Waals surface area contributed by atoms with Crippen molar-refractivity contribution >= 4 is 23.5 Å². The number of rotatable bonds is 3. The molecule has 3 aliphatic heterocycles. The fraction of sp³-hybridized carbons (Fsp3) is 0.516. The number of likely N-dealkylation sites (tertiary alicyclic amines) is 1. The number of fused-ring (bicyclic) bond motifs is 5. The lowest BCUT2D eigenvalue weighted by Crippen LogP contribution is -2.51. The highest BCUT2D eigenvalue weighted by Gasteiger charge is 2.41. The number of aliphatic hydroxyl groups is 1. The minimum absolute atomic E-state index is 0.108. The summed E-state index contributed by atoms with van der Waals surface area (Å²) < 4.78 is 17.5. The Hall–Kier alpha value is -3.83. The summed E-state index contributed by atoms with van der Waals surface area (Å²) in [4.78, 5) is 41.8. The van der Waals surface area contributed by atoms with E-state index >= 15 is 0 Å². The zero-order valence-corrected chi connectivity index (χ0v) is 24.3. The number of hydrogen-bond acceptors (Lipinski definition) is 7. The molecule has 11 heteroatoms. The van der Waals surface area contributed by atoms with Gasteiger partial charge in [0.2, 0.25) is 5.91 Å². The lowest BCUT2D eigenvalue weighted by Gasteiger charge is -2.34. The molecule has 42 heavy (non-hydrogen) atoms. The Bertz CT molecular complexity index is 1300. The number of nitrogens with one attached hydrogen (secondary N) is 3. The second-order valence-corrected chi connectivity index (χ2v) is 11.5. The van der Waals surface area contributed by atoms with Crippen LogP contribution in [-0.2, 0) is 9.53 Å². The SMILES string of the molecule is COc1cccc(NC(=O)N2C[C@@H]3C[C@H]2C(=O)NC[C@H]2O[C@H](CCOc4cc(C(C)C)ccc4C(=O)N3)CC[C@@H]2O)c1. The van der Waals surface area contributed by atoms with E-state index in [4.69, 9.17) is 14.2 Å². The number of aliphatic hydroxyl groups excluding tert-OH is 1. The Morgan fingerprint density at radius 2 is 1.98 bits per heavy atom. The molecule has 11 nitrogen and oxygen atoms in total. The highest BCUT2D eigenvalue weighted by atomic mass is 16.5. The van der Waals surface area contributed by atoms with Gasteiger partial charge in [0, 0.05) is 37.3 Å². The van der Waals surface area contributed by atoms with Gasteiger partial charge in [-0.3, -0.25) is 9.59 Å². The Morgan fingerprint density at radius 1 is 1.14 bits per heavy atom. The Kier molecular flexibility index (Phi) is 9.18. The van der Waals surface area contributed by atoms with Gasteiger partial charge in [-0.15, -0.1) is 0 Å². The molecular weight excluding hydrogens is 540 g/mol. The zero-order valence-electron chi connectivity index (χ0n) is 24.3. The van der Waals surface area contributed by atoms with E-state index in [1.54, 1.807) is 30.3 Å². The number of nitrogens with zero attached hydrogens (tertiary/aromatic N) is 1. The van der Waals surface area contributed by atoms with E-state index in [1.807, 2.05) is 12.1 Å². The van der Waals surface area contributed by atoms with Crippen LogP contribution in [0.4, 0.5) is 10.5 Å². The molecule has 3 heterocycles. The minimum atomic E-state index is -0.843. The summed E-state index contributed by atoms with van der Waals surface area (Å²) in [6, 6.07) is 10.7. The van der Waals surface area contributed by atoms with Crippen molar-refractivity contribution in [2.75, 3.05) is 32.1 Å². The number of methoxy groups -OCH3 is 1. The molecule has 2 aromatic carbocycles. The van der Waals surface area contributed by atoms with Crippen LogP contribution in [0.5, 0.6) is 11.5 Å². The summed E-state index contributed by atoms with van der Waals surface area (Å²) in [5.41, 5.74) is 1.96. The van der Waals surface area contributed by atoms with Crippen LogP contribution in [-0.4, -0.2) is 85.1 Å². The van der Waals surface area contributed by atoms with Gasteiger partial charge in [0.25, 0.3) is 5.91 Å². The standard InChI is InChI=1S/C31H40N4O7/c1-18(2)19-7-9-24-27(13-19)41-12-11-22-8-10-26(36)28(42-22)16-32-30(38)25-15-21(33-29(24)37)17-35(25)31(39)34-20-5-4-6-23(14-20)40-3/h4-7,9,13-14,18,21-22,25-26,28,36H,8,10-12,15-17H2,1-3H3,(H,32,38)(H,33,37)(H,34,39)/t21-,22-,25-,26-,28+/m0/s1. The van der Waals surface area contributed by atoms with Gasteiger partial charge in [-0.25, -0.2) is 4.79 Å². The fourth-order valence-electron chi connectivity index (χ4n) is 5.74. The van der Waals surface area contributed by atoms with Gasteiger partial charge in [0.15, 0.2) is 0 Å². The van der Waals surface area contributed by atoms with E-state index < -0.39 is 30.3 Å². The van der Waals surface area contributed by atoms with Gasteiger partial charge in [0.05, 0.1) is 31.5 Å². The summed E-state index contributed by atoms with van der Waals surface area (Å²) in [6.45, 7) is 4.73. The quantitative estimate of drug-likeness (QED) is 0.438. The van der Waals surface area contributed by atoms with Crippen molar-refractivity contribution in [1.29, 1.82) is 0 Å². The van der Waals surface area contributed by atoms with Gasteiger partial charge >= 0.3 is 6.03 Å². The highest BCUT2D eigenvalue weighted by Crippen LogP contribution is 2.28. The first-order valence-corrected chi connectivity index (χ1v) is 14.6. The lowest BCUT2D eigenvalue weighted by atomic mass is 9.99. The van der Waals surface area contributed by atoms with Gasteiger partial charge in [-0.1, -0.05) is 26.0 Å². The van der Waals surface area contributed by atoms with Crippen LogP contribution in [0.3, 0.4) is 0 Å². The minimum Gasteiger partial charge on any atom is -0.497 e. The van der Waals surface area contributed by atoms with Crippen LogP contribution in [0.15, 0.2) is 42.5 Å². The molecule has 4 N–H and O–H groups in total. The van der Waals surface area contributed by atoms with Crippen molar-refractivity contribution in [2.24, 2.45) is 0 Å². The molecular formula is C31H40N4O7. The van der Waals surface area contributed by atoms with E-state index in [0.29, 0.717) is 48.6 Å². The van der Waals surface area contributed by atoms with Crippen LogP contribution >= 0.6 is 0 Å². The Labute approximate surface area is 245 Å². The molecule has 4 bridgehead atoms. The first kappa shape index (κ1) is 29.7. The van der Waals surface area contributed by atoms with Gasteiger partial charge in [-0.05, 0) is 55.0 Å². The number of amides is 4. The topological polar surface area (TPSA) is 138 Å². The largest absolute Gasteiger partial charge is 0.497 e. The number of hydrogen-bond donors (Lipinski definition) is 4. The van der Waals surface area contributed by atoms with Crippen LogP contribution < -0.4 is 25.4 Å². The number of benzene rings is 2. The average Bonchev–Trinajstić information content (AvgIpc) is 3.40. The fourth-order valence-corrected chi connectivity index (χ4v) is 5.74. The molecule has 0 aliphatic carbocycles. The van der Waals surface area contributed by atoms with E-state index in [9.17, 15) is 19.5 Å². The smallest absolute Gasteiger partial charge is 0.322 e. The molecule has 2 aromatic rings. The lowest BCUT2D eigenvalue weighted by molar-refractivity contribution is -0.133. The summed E-state index contributed by atoms with van der Waals surface area (Å²) >= 11 is 0. The molecule has 0 saturated carbocycles. The van der Waals surface area contributed by atoms with Crippen LogP contribution in [0.1, 0.15) is 61.4 Å². The highest BCUT2D eigenvalue weighted by molar-refractivity contribution is 5.98. The number of anilines is 1. The Morgan fingerprint density at radius 3 is 2.76 bits per heavy atom. The third-order valence-electron chi connectivity index (χ3n) is 8.19. The summed E-state index contributed by atoms with van der Waals surface area (Å²) in [7, 11) is 1.54. The van der Waals surface area contributed by atoms with Crippen molar-refractivity contribution in [3.8, 4) is 11.5 Å². The van der Waals surface area contributed by atoms with Gasteiger partial charge in [-0.2, -0.15) is 0 Å². The molecule has 0 unspecified atom stereocenters. The van der Waals surface area contributed by atoms with Crippen molar-refractivity contribution in [3.63, 3.8) is 0 Å².